The second-order valence-electron chi connectivity index (χ2n) is 5.06. The van der Waals surface area contributed by atoms with E-state index in [1.165, 1.54) is 16.9 Å². The van der Waals surface area contributed by atoms with Crippen LogP contribution in [0.15, 0.2) is 24.3 Å². The number of hydrogen-bond acceptors (Lipinski definition) is 3. The predicted molar refractivity (Wildman–Crippen MR) is 84.6 cm³/mol. The van der Waals surface area contributed by atoms with Crippen LogP contribution < -0.4 is 5.73 Å². The Balaban J connectivity index is 2.73. The van der Waals surface area contributed by atoms with E-state index in [2.05, 4.69) is 13.0 Å². The maximum absolute atomic E-state index is 11.3. The van der Waals surface area contributed by atoms with Crippen LogP contribution in [0, 0.1) is 0 Å². The average Bonchev–Trinajstić information content (AvgIpc) is 2.76. The van der Waals surface area contributed by atoms with Crippen LogP contribution in [0.1, 0.15) is 47.5 Å². The van der Waals surface area contributed by atoms with E-state index in [0.717, 1.165) is 22.4 Å². The molecular formula is C16H19NO2S. The second-order valence-corrected chi connectivity index (χ2v) is 6.08. The van der Waals surface area contributed by atoms with Gasteiger partial charge in [-0.3, -0.25) is 0 Å². The number of carboxylic acids is 1. The zero-order valence-electron chi connectivity index (χ0n) is 11.9. The third-order valence-electron chi connectivity index (χ3n) is 3.40. The highest BCUT2D eigenvalue weighted by molar-refractivity contribution is 7.18. The molecule has 0 saturated carbocycles. The molecule has 0 aliphatic heterocycles. The highest BCUT2D eigenvalue weighted by atomic mass is 32.1. The van der Waals surface area contributed by atoms with E-state index in [1.807, 2.05) is 32.0 Å². The maximum atomic E-state index is 11.3. The van der Waals surface area contributed by atoms with Crippen LogP contribution in [0.5, 0.6) is 0 Å². The molecule has 2 aromatic rings. The molecule has 0 bridgehead atoms. The van der Waals surface area contributed by atoms with Crippen LogP contribution in [0.2, 0.25) is 0 Å². The van der Waals surface area contributed by atoms with Crippen molar-refractivity contribution in [2.75, 3.05) is 5.73 Å². The summed E-state index contributed by atoms with van der Waals surface area (Å²) in [6, 6.07) is 8.11. The van der Waals surface area contributed by atoms with E-state index in [4.69, 9.17) is 5.73 Å². The maximum Gasteiger partial charge on any atom is 0.348 e. The van der Waals surface area contributed by atoms with Crippen molar-refractivity contribution >= 4 is 23.0 Å². The Bertz CT molecular complexity index is 644. The lowest BCUT2D eigenvalue weighted by Crippen LogP contribution is -2.01. The molecule has 0 fully saturated rings. The van der Waals surface area contributed by atoms with Crippen molar-refractivity contribution in [3.05, 3.63) is 40.3 Å². The first-order valence-corrected chi connectivity index (χ1v) is 7.52. The quantitative estimate of drug-likeness (QED) is 0.877. The van der Waals surface area contributed by atoms with Gasteiger partial charge in [0.05, 0.1) is 5.69 Å². The number of nitrogens with two attached hydrogens (primary N) is 1. The van der Waals surface area contributed by atoms with Gasteiger partial charge in [-0.05, 0) is 29.0 Å². The number of anilines is 1. The summed E-state index contributed by atoms with van der Waals surface area (Å²) < 4.78 is 0. The number of aryl methyl sites for hydroxylation is 1. The van der Waals surface area contributed by atoms with E-state index in [1.54, 1.807) is 0 Å². The van der Waals surface area contributed by atoms with Gasteiger partial charge in [0.2, 0.25) is 0 Å². The monoisotopic (exact) mass is 289 g/mol. The average molecular weight is 289 g/mol. The number of carbonyl (C=O) groups is 1. The molecule has 3 N–H and O–H groups in total. The van der Waals surface area contributed by atoms with Gasteiger partial charge in [0.1, 0.15) is 4.88 Å². The zero-order valence-corrected chi connectivity index (χ0v) is 12.8. The van der Waals surface area contributed by atoms with Crippen LogP contribution in [-0.2, 0) is 6.42 Å². The summed E-state index contributed by atoms with van der Waals surface area (Å²) in [5.74, 6) is -0.756. The standard InChI is InChI=1S/C16H19NO2S/c1-4-10-7-5-6-8-11(10)14-12(9(2)3)13(17)15(20-14)16(18)19/h5-9H,4,17H2,1-3H3,(H,18,19). The minimum Gasteiger partial charge on any atom is -0.477 e. The fourth-order valence-electron chi connectivity index (χ4n) is 2.44. The minimum absolute atomic E-state index is 0.194. The first-order chi connectivity index (χ1) is 9.47. The third-order valence-corrected chi connectivity index (χ3v) is 4.64. The van der Waals surface area contributed by atoms with Gasteiger partial charge in [-0.1, -0.05) is 45.0 Å². The number of rotatable bonds is 4. The SMILES string of the molecule is CCc1ccccc1-c1sc(C(=O)O)c(N)c1C(C)C. The molecule has 1 heterocycles. The van der Waals surface area contributed by atoms with Crippen LogP contribution in [0.4, 0.5) is 5.69 Å². The van der Waals surface area contributed by atoms with Crippen molar-refractivity contribution in [2.24, 2.45) is 0 Å². The summed E-state index contributed by atoms with van der Waals surface area (Å²) in [5.41, 5.74) is 9.75. The molecule has 0 saturated heterocycles. The summed E-state index contributed by atoms with van der Waals surface area (Å²) in [7, 11) is 0. The Kier molecular flexibility index (Phi) is 4.14. The molecule has 0 radical (unpaired) electrons. The first kappa shape index (κ1) is 14.6. The van der Waals surface area contributed by atoms with Crippen molar-refractivity contribution in [3.8, 4) is 10.4 Å². The number of nitrogen functional groups attached to an aromatic ring is 1. The lowest BCUT2D eigenvalue weighted by molar-refractivity contribution is 0.0703. The normalized spacial score (nSPS) is 11.0. The Morgan fingerprint density at radius 2 is 2.00 bits per heavy atom. The van der Waals surface area contributed by atoms with Crippen molar-refractivity contribution in [1.29, 1.82) is 0 Å². The Morgan fingerprint density at radius 1 is 1.35 bits per heavy atom. The Morgan fingerprint density at radius 3 is 2.55 bits per heavy atom. The van der Waals surface area contributed by atoms with Crippen LogP contribution in [0.3, 0.4) is 0 Å². The lowest BCUT2D eigenvalue weighted by Gasteiger charge is -2.11. The molecule has 0 spiro atoms. The van der Waals surface area contributed by atoms with Gasteiger partial charge in [-0.15, -0.1) is 11.3 Å². The molecule has 0 amide bonds. The first-order valence-electron chi connectivity index (χ1n) is 6.71. The van der Waals surface area contributed by atoms with E-state index < -0.39 is 5.97 Å². The number of carboxylic acid groups (broad SMARTS) is 1. The molecule has 4 heteroatoms. The molecule has 0 aliphatic carbocycles. The minimum atomic E-state index is -0.949. The van der Waals surface area contributed by atoms with Gasteiger partial charge < -0.3 is 10.8 Å². The van der Waals surface area contributed by atoms with E-state index in [0.29, 0.717) is 5.69 Å². The molecule has 20 heavy (non-hydrogen) atoms. The molecule has 106 valence electrons. The molecule has 1 aromatic carbocycles. The van der Waals surface area contributed by atoms with Crippen LogP contribution in [-0.4, -0.2) is 11.1 Å². The van der Waals surface area contributed by atoms with Crippen molar-refractivity contribution in [2.45, 2.75) is 33.1 Å². The van der Waals surface area contributed by atoms with E-state index >= 15 is 0 Å². The topological polar surface area (TPSA) is 63.3 Å². The van der Waals surface area contributed by atoms with Crippen LogP contribution in [0.25, 0.3) is 10.4 Å². The van der Waals surface area contributed by atoms with Crippen LogP contribution >= 0.6 is 11.3 Å². The smallest absolute Gasteiger partial charge is 0.348 e. The molecule has 0 unspecified atom stereocenters. The summed E-state index contributed by atoms with van der Waals surface area (Å²) >= 11 is 1.28. The number of benzene rings is 1. The van der Waals surface area contributed by atoms with Gasteiger partial charge in [0.15, 0.2) is 0 Å². The summed E-state index contributed by atoms with van der Waals surface area (Å²) in [4.78, 5) is 12.6. The molecule has 0 aliphatic rings. The second kappa shape index (κ2) is 5.67. The van der Waals surface area contributed by atoms with Crippen molar-refractivity contribution in [1.82, 2.24) is 0 Å². The summed E-state index contributed by atoms with van der Waals surface area (Å²) in [6.45, 7) is 6.19. The van der Waals surface area contributed by atoms with Gasteiger partial charge in [0, 0.05) is 4.88 Å². The van der Waals surface area contributed by atoms with Gasteiger partial charge in [-0.25, -0.2) is 4.79 Å². The largest absolute Gasteiger partial charge is 0.477 e. The molecular weight excluding hydrogens is 270 g/mol. The van der Waals surface area contributed by atoms with Gasteiger partial charge in [0.25, 0.3) is 0 Å². The third kappa shape index (κ3) is 2.43. The predicted octanol–water partition coefficient (Wildman–Crippen LogP) is 4.38. The Hall–Kier alpha value is -1.81. The molecule has 0 atom stereocenters. The highest BCUT2D eigenvalue weighted by Gasteiger charge is 2.23. The van der Waals surface area contributed by atoms with Crippen molar-refractivity contribution in [3.63, 3.8) is 0 Å². The summed E-state index contributed by atoms with van der Waals surface area (Å²) in [6.07, 6.45) is 0.911. The lowest BCUT2D eigenvalue weighted by atomic mass is 9.95. The van der Waals surface area contributed by atoms with Gasteiger partial charge in [-0.2, -0.15) is 0 Å². The molecule has 2 rings (SSSR count). The zero-order chi connectivity index (χ0) is 14.9. The van der Waals surface area contributed by atoms with Crippen molar-refractivity contribution < 1.29 is 9.90 Å². The molecule has 1 aromatic heterocycles. The number of hydrogen-bond donors (Lipinski definition) is 2. The Labute approximate surface area is 123 Å². The number of thiophene rings is 1. The summed E-state index contributed by atoms with van der Waals surface area (Å²) in [5, 5.41) is 9.29. The highest BCUT2D eigenvalue weighted by Crippen LogP contribution is 2.43. The van der Waals surface area contributed by atoms with E-state index in [-0.39, 0.29) is 10.8 Å². The fraction of sp³-hybridized carbons (Fsp3) is 0.312. The fourth-order valence-corrected chi connectivity index (χ4v) is 3.71. The molecule has 3 nitrogen and oxygen atoms in total. The number of aromatic carboxylic acids is 1. The van der Waals surface area contributed by atoms with Gasteiger partial charge >= 0.3 is 5.97 Å². The van der Waals surface area contributed by atoms with E-state index in [9.17, 15) is 9.90 Å².